The van der Waals surface area contributed by atoms with Gasteiger partial charge in [-0.2, -0.15) is 0 Å². The van der Waals surface area contributed by atoms with E-state index in [1.165, 1.54) is 5.56 Å². The zero-order chi connectivity index (χ0) is 12.9. The number of benzene rings is 2. The van der Waals surface area contributed by atoms with E-state index in [-0.39, 0.29) is 11.4 Å². The molecule has 2 aromatic carbocycles. The van der Waals surface area contributed by atoms with E-state index in [1.54, 1.807) is 0 Å². The summed E-state index contributed by atoms with van der Waals surface area (Å²) in [5.74, 6) is 0.145. The standard InChI is InChI=1S/C16H17NO/c1-16(2,3)17-10-12-8-4-6-11-7-5-9-13(14(11)12)15(17)18/h4-9H,10H2,1-3H3. The zero-order valence-electron chi connectivity index (χ0n) is 11.0. The van der Waals surface area contributed by atoms with Crippen LogP contribution in [0, 0.1) is 0 Å². The van der Waals surface area contributed by atoms with Crippen LogP contribution in [0.5, 0.6) is 0 Å². The van der Waals surface area contributed by atoms with Crippen molar-refractivity contribution in [3.8, 4) is 0 Å². The Morgan fingerprint density at radius 1 is 1.06 bits per heavy atom. The minimum absolute atomic E-state index is 0.145. The molecule has 2 nitrogen and oxygen atoms in total. The van der Waals surface area contributed by atoms with Crippen molar-refractivity contribution in [2.75, 3.05) is 0 Å². The zero-order valence-corrected chi connectivity index (χ0v) is 11.0. The van der Waals surface area contributed by atoms with Gasteiger partial charge < -0.3 is 4.90 Å². The van der Waals surface area contributed by atoms with Crippen molar-refractivity contribution in [3.05, 3.63) is 47.5 Å². The highest BCUT2D eigenvalue weighted by Crippen LogP contribution is 2.32. The summed E-state index contributed by atoms with van der Waals surface area (Å²) >= 11 is 0. The molecule has 2 aromatic rings. The summed E-state index contributed by atoms with van der Waals surface area (Å²) in [6, 6.07) is 12.2. The number of rotatable bonds is 0. The summed E-state index contributed by atoms with van der Waals surface area (Å²) in [6.45, 7) is 6.95. The third kappa shape index (κ3) is 1.52. The summed E-state index contributed by atoms with van der Waals surface area (Å²) in [4.78, 5) is 14.5. The molecule has 0 unspecified atom stereocenters. The maximum atomic E-state index is 12.6. The number of hydrogen-bond donors (Lipinski definition) is 0. The third-order valence-corrected chi connectivity index (χ3v) is 3.60. The Morgan fingerprint density at radius 2 is 1.72 bits per heavy atom. The number of amides is 1. The van der Waals surface area contributed by atoms with Gasteiger partial charge in [-0.1, -0.05) is 30.3 Å². The summed E-state index contributed by atoms with van der Waals surface area (Å²) in [6.07, 6.45) is 0. The van der Waals surface area contributed by atoms with E-state index in [2.05, 4.69) is 45.0 Å². The molecule has 2 heteroatoms. The molecule has 0 aliphatic carbocycles. The highest BCUT2D eigenvalue weighted by Gasteiger charge is 2.32. The van der Waals surface area contributed by atoms with Crippen molar-refractivity contribution in [1.82, 2.24) is 4.90 Å². The average Bonchev–Trinajstić information content (AvgIpc) is 2.32. The van der Waals surface area contributed by atoms with Gasteiger partial charge in [0, 0.05) is 17.6 Å². The van der Waals surface area contributed by atoms with Crippen LogP contribution < -0.4 is 0 Å². The topological polar surface area (TPSA) is 20.3 Å². The van der Waals surface area contributed by atoms with Gasteiger partial charge in [0.2, 0.25) is 0 Å². The molecule has 3 rings (SSSR count). The first-order valence-corrected chi connectivity index (χ1v) is 6.31. The molecule has 1 aliphatic heterocycles. The molecule has 0 N–H and O–H groups in total. The number of carbonyl (C=O) groups is 1. The second-order valence-corrected chi connectivity index (χ2v) is 5.88. The first-order valence-electron chi connectivity index (χ1n) is 6.31. The molecule has 18 heavy (non-hydrogen) atoms. The van der Waals surface area contributed by atoms with Crippen LogP contribution in [-0.2, 0) is 6.54 Å². The number of carbonyl (C=O) groups excluding carboxylic acids is 1. The van der Waals surface area contributed by atoms with Crippen LogP contribution in [0.2, 0.25) is 0 Å². The first-order chi connectivity index (χ1) is 8.48. The monoisotopic (exact) mass is 239 g/mol. The summed E-state index contributed by atoms with van der Waals surface area (Å²) in [5, 5.41) is 2.29. The van der Waals surface area contributed by atoms with Crippen LogP contribution in [0.4, 0.5) is 0 Å². The maximum Gasteiger partial charge on any atom is 0.255 e. The van der Waals surface area contributed by atoms with Gasteiger partial charge in [0.05, 0.1) is 0 Å². The molecule has 0 fully saturated rings. The van der Waals surface area contributed by atoms with Gasteiger partial charge >= 0.3 is 0 Å². The molecule has 0 bridgehead atoms. The lowest BCUT2D eigenvalue weighted by Crippen LogP contribution is -2.46. The van der Waals surface area contributed by atoms with Crippen molar-refractivity contribution < 1.29 is 4.79 Å². The third-order valence-electron chi connectivity index (χ3n) is 3.60. The molecule has 1 heterocycles. The molecule has 0 saturated carbocycles. The quantitative estimate of drug-likeness (QED) is 0.688. The molecule has 0 radical (unpaired) electrons. The number of hydrogen-bond acceptors (Lipinski definition) is 1. The Bertz CT molecular complexity index is 632. The molecule has 1 amide bonds. The second-order valence-electron chi connectivity index (χ2n) is 5.88. The van der Waals surface area contributed by atoms with E-state index in [1.807, 2.05) is 17.0 Å². The lowest BCUT2D eigenvalue weighted by atomic mass is 9.91. The molecule has 0 spiro atoms. The van der Waals surface area contributed by atoms with E-state index in [0.29, 0.717) is 6.54 Å². The van der Waals surface area contributed by atoms with Crippen molar-refractivity contribution in [1.29, 1.82) is 0 Å². The van der Waals surface area contributed by atoms with Gasteiger partial charge in [-0.05, 0) is 43.2 Å². The molecule has 0 saturated heterocycles. The SMILES string of the molecule is CC(C)(C)N1Cc2cccc3cccc(c23)C1=O. The highest BCUT2D eigenvalue weighted by molar-refractivity contribution is 6.10. The Labute approximate surface area is 107 Å². The van der Waals surface area contributed by atoms with E-state index < -0.39 is 0 Å². The van der Waals surface area contributed by atoms with E-state index in [4.69, 9.17) is 0 Å². The van der Waals surface area contributed by atoms with Gasteiger partial charge in [-0.25, -0.2) is 0 Å². The Morgan fingerprint density at radius 3 is 2.39 bits per heavy atom. The average molecular weight is 239 g/mol. The molecule has 92 valence electrons. The van der Waals surface area contributed by atoms with Crippen LogP contribution in [-0.4, -0.2) is 16.3 Å². The smallest absolute Gasteiger partial charge is 0.255 e. The molecular weight excluding hydrogens is 222 g/mol. The van der Waals surface area contributed by atoms with E-state index in [0.717, 1.165) is 16.3 Å². The Hall–Kier alpha value is -1.83. The fourth-order valence-electron chi connectivity index (χ4n) is 2.66. The minimum Gasteiger partial charge on any atom is -0.329 e. The van der Waals surface area contributed by atoms with Crippen LogP contribution in [0.15, 0.2) is 36.4 Å². The molecule has 0 aromatic heterocycles. The van der Waals surface area contributed by atoms with Crippen LogP contribution in [0.25, 0.3) is 10.8 Å². The van der Waals surface area contributed by atoms with E-state index in [9.17, 15) is 4.79 Å². The normalized spacial score (nSPS) is 15.3. The van der Waals surface area contributed by atoms with Gasteiger partial charge in [0.25, 0.3) is 5.91 Å². The fourth-order valence-corrected chi connectivity index (χ4v) is 2.66. The lowest BCUT2D eigenvalue weighted by Gasteiger charge is -2.39. The van der Waals surface area contributed by atoms with Gasteiger partial charge in [-0.3, -0.25) is 4.79 Å². The fraction of sp³-hybridized carbons (Fsp3) is 0.312. The van der Waals surface area contributed by atoms with Crippen molar-refractivity contribution in [3.63, 3.8) is 0 Å². The predicted molar refractivity (Wildman–Crippen MR) is 73.6 cm³/mol. The van der Waals surface area contributed by atoms with Crippen LogP contribution >= 0.6 is 0 Å². The summed E-state index contributed by atoms with van der Waals surface area (Å²) in [7, 11) is 0. The van der Waals surface area contributed by atoms with Crippen molar-refractivity contribution >= 4 is 16.7 Å². The lowest BCUT2D eigenvalue weighted by molar-refractivity contribution is 0.0551. The Kier molecular flexibility index (Phi) is 2.24. The van der Waals surface area contributed by atoms with Crippen molar-refractivity contribution in [2.45, 2.75) is 32.9 Å². The van der Waals surface area contributed by atoms with Crippen LogP contribution in [0.3, 0.4) is 0 Å². The van der Waals surface area contributed by atoms with Gasteiger partial charge in [0.15, 0.2) is 0 Å². The highest BCUT2D eigenvalue weighted by atomic mass is 16.2. The molecule has 0 atom stereocenters. The first kappa shape index (κ1) is 11.3. The number of nitrogens with zero attached hydrogens (tertiary/aromatic N) is 1. The second kappa shape index (κ2) is 3.58. The van der Waals surface area contributed by atoms with Crippen molar-refractivity contribution in [2.24, 2.45) is 0 Å². The summed E-state index contributed by atoms with van der Waals surface area (Å²) in [5.41, 5.74) is 1.94. The van der Waals surface area contributed by atoms with Gasteiger partial charge in [0.1, 0.15) is 0 Å². The van der Waals surface area contributed by atoms with Crippen LogP contribution in [0.1, 0.15) is 36.7 Å². The Balaban J connectivity index is 2.27. The maximum absolute atomic E-state index is 12.6. The summed E-state index contributed by atoms with van der Waals surface area (Å²) < 4.78 is 0. The predicted octanol–water partition coefficient (Wildman–Crippen LogP) is 3.59. The largest absolute Gasteiger partial charge is 0.329 e. The van der Waals surface area contributed by atoms with E-state index >= 15 is 0 Å². The minimum atomic E-state index is -0.146. The van der Waals surface area contributed by atoms with Gasteiger partial charge in [-0.15, -0.1) is 0 Å². The molecular formula is C16H17NO. The molecule has 1 aliphatic rings.